The van der Waals surface area contributed by atoms with Gasteiger partial charge >= 0.3 is 0 Å². The maximum atomic E-state index is 11.0. The van der Waals surface area contributed by atoms with Crippen molar-refractivity contribution in [3.8, 4) is 6.07 Å². The molecular formula is C12H18N2O2. The molecule has 0 aromatic rings. The maximum Gasteiger partial charge on any atom is 0.112 e. The predicted molar refractivity (Wildman–Crippen MR) is 57.6 cm³/mol. The summed E-state index contributed by atoms with van der Waals surface area (Å²) in [6, 6.07) is 2.38. The van der Waals surface area contributed by atoms with E-state index in [2.05, 4.69) is 11.0 Å². The van der Waals surface area contributed by atoms with Crippen LogP contribution in [-0.4, -0.2) is 48.5 Å². The number of aliphatic hydroxyl groups is 1. The van der Waals surface area contributed by atoms with Crippen LogP contribution in [0.3, 0.4) is 0 Å². The first kappa shape index (κ1) is 10.5. The predicted octanol–water partition coefficient (Wildman–Crippen LogP) is 0.373. The Kier molecular flexibility index (Phi) is 2.25. The lowest BCUT2D eigenvalue weighted by Crippen LogP contribution is -2.57. The normalized spacial score (nSPS) is 51.5. The van der Waals surface area contributed by atoms with Crippen LogP contribution >= 0.6 is 0 Å². The largest absolute Gasteiger partial charge is 0.388 e. The number of fused-ring (bicyclic) bond motifs is 2. The fourth-order valence-corrected chi connectivity index (χ4v) is 3.68. The van der Waals surface area contributed by atoms with Crippen molar-refractivity contribution in [2.75, 3.05) is 32.8 Å². The van der Waals surface area contributed by atoms with E-state index in [0.717, 1.165) is 32.5 Å². The third kappa shape index (κ3) is 1.20. The lowest BCUT2D eigenvalue weighted by atomic mass is 9.63. The Balaban J connectivity index is 1.94. The molecular weight excluding hydrogens is 204 g/mol. The summed E-state index contributed by atoms with van der Waals surface area (Å²) in [5.41, 5.74) is -1.46. The molecule has 2 bridgehead atoms. The van der Waals surface area contributed by atoms with Gasteiger partial charge in [0.25, 0.3) is 0 Å². The second kappa shape index (κ2) is 3.43. The minimum atomic E-state index is -0.814. The van der Waals surface area contributed by atoms with Crippen molar-refractivity contribution in [3.05, 3.63) is 0 Å². The van der Waals surface area contributed by atoms with Crippen LogP contribution in [-0.2, 0) is 4.74 Å². The monoisotopic (exact) mass is 222 g/mol. The third-order valence-electron chi connectivity index (χ3n) is 4.82. The van der Waals surface area contributed by atoms with E-state index in [1.807, 2.05) is 0 Å². The first-order valence-electron chi connectivity index (χ1n) is 6.14. The molecule has 4 nitrogen and oxygen atoms in total. The highest BCUT2D eigenvalue weighted by atomic mass is 16.5. The molecule has 3 aliphatic rings. The third-order valence-corrected chi connectivity index (χ3v) is 4.82. The molecule has 0 amide bonds. The van der Waals surface area contributed by atoms with Crippen molar-refractivity contribution in [3.63, 3.8) is 0 Å². The highest BCUT2D eigenvalue weighted by Gasteiger charge is 2.59. The molecule has 4 unspecified atom stereocenters. The molecule has 4 atom stereocenters. The number of rotatable bonds is 1. The van der Waals surface area contributed by atoms with Crippen LogP contribution in [0.25, 0.3) is 0 Å². The minimum absolute atomic E-state index is 0.266. The van der Waals surface area contributed by atoms with Gasteiger partial charge in [-0.05, 0) is 25.8 Å². The summed E-state index contributed by atoms with van der Waals surface area (Å²) in [4.78, 5) is 2.39. The van der Waals surface area contributed by atoms with Crippen LogP contribution in [0.5, 0.6) is 0 Å². The zero-order valence-electron chi connectivity index (χ0n) is 9.48. The van der Waals surface area contributed by atoms with Crippen molar-refractivity contribution in [1.82, 2.24) is 4.90 Å². The van der Waals surface area contributed by atoms with Gasteiger partial charge in [-0.15, -0.1) is 0 Å². The summed E-state index contributed by atoms with van der Waals surface area (Å²) >= 11 is 0. The Morgan fingerprint density at radius 1 is 1.38 bits per heavy atom. The molecule has 1 N–H and O–H groups in total. The Hall–Kier alpha value is -0.630. The zero-order valence-corrected chi connectivity index (χ0v) is 9.48. The lowest BCUT2D eigenvalue weighted by molar-refractivity contribution is -0.120. The van der Waals surface area contributed by atoms with Crippen LogP contribution in [0.4, 0.5) is 0 Å². The highest BCUT2D eigenvalue weighted by Crippen LogP contribution is 2.50. The molecule has 3 heterocycles. The maximum absolute atomic E-state index is 11.0. The van der Waals surface area contributed by atoms with Crippen molar-refractivity contribution in [2.45, 2.75) is 24.9 Å². The number of hydrogen-bond acceptors (Lipinski definition) is 4. The van der Waals surface area contributed by atoms with Crippen LogP contribution in [0.1, 0.15) is 19.3 Å². The summed E-state index contributed by atoms with van der Waals surface area (Å²) in [6.45, 7) is 3.99. The summed E-state index contributed by atoms with van der Waals surface area (Å²) in [7, 11) is 0. The van der Waals surface area contributed by atoms with E-state index in [4.69, 9.17) is 4.74 Å². The quantitative estimate of drug-likeness (QED) is 0.696. The summed E-state index contributed by atoms with van der Waals surface area (Å²) < 4.78 is 5.38. The minimum Gasteiger partial charge on any atom is -0.388 e. The van der Waals surface area contributed by atoms with E-state index in [9.17, 15) is 10.4 Å². The average Bonchev–Trinajstić information content (AvgIpc) is 2.94. The van der Waals surface area contributed by atoms with Gasteiger partial charge in [-0.2, -0.15) is 5.26 Å². The highest BCUT2D eigenvalue weighted by molar-refractivity contribution is 5.18. The molecule has 0 spiro atoms. The molecule has 16 heavy (non-hydrogen) atoms. The van der Waals surface area contributed by atoms with E-state index < -0.39 is 11.0 Å². The fourth-order valence-electron chi connectivity index (χ4n) is 3.68. The molecule has 0 aromatic carbocycles. The van der Waals surface area contributed by atoms with Gasteiger partial charge in [0.1, 0.15) is 5.41 Å². The fraction of sp³-hybridized carbons (Fsp3) is 0.917. The molecule has 0 aromatic heterocycles. The van der Waals surface area contributed by atoms with Gasteiger partial charge < -0.3 is 14.7 Å². The molecule has 3 saturated heterocycles. The first-order valence-corrected chi connectivity index (χ1v) is 6.14. The van der Waals surface area contributed by atoms with Crippen LogP contribution in [0, 0.1) is 22.7 Å². The van der Waals surface area contributed by atoms with E-state index in [0.29, 0.717) is 19.6 Å². The van der Waals surface area contributed by atoms with Crippen molar-refractivity contribution in [2.24, 2.45) is 11.3 Å². The molecule has 0 radical (unpaired) electrons. The lowest BCUT2D eigenvalue weighted by Gasteiger charge is -2.46. The Morgan fingerprint density at radius 3 is 2.94 bits per heavy atom. The molecule has 3 rings (SSSR count). The van der Waals surface area contributed by atoms with Gasteiger partial charge in [0, 0.05) is 25.6 Å². The standard InChI is InChI=1S/C12H18N2O2/c13-8-11(3-6-16-9-11)12(15)2-5-14-4-1-10(12)7-14/h10,15H,1-7,9H2. The SMILES string of the molecule is N#CC1(C2(O)CCN3CCC2C3)CCOC1. The van der Waals surface area contributed by atoms with Gasteiger partial charge in [-0.1, -0.05) is 0 Å². The molecule has 88 valence electrons. The van der Waals surface area contributed by atoms with E-state index >= 15 is 0 Å². The Morgan fingerprint density at radius 2 is 2.25 bits per heavy atom. The molecule has 0 saturated carbocycles. The van der Waals surface area contributed by atoms with Crippen molar-refractivity contribution >= 4 is 0 Å². The van der Waals surface area contributed by atoms with Crippen LogP contribution in [0.2, 0.25) is 0 Å². The number of ether oxygens (including phenoxy) is 1. The molecule has 0 aliphatic carbocycles. The first-order chi connectivity index (χ1) is 7.70. The number of piperidine rings is 1. The summed E-state index contributed by atoms with van der Waals surface area (Å²) in [6.07, 6.45) is 2.45. The summed E-state index contributed by atoms with van der Waals surface area (Å²) in [5.74, 6) is 0.266. The van der Waals surface area contributed by atoms with E-state index in [1.165, 1.54) is 0 Å². The number of hydrogen-bond donors (Lipinski definition) is 1. The van der Waals surface area contributed by atoms with Crippen molar-refractivity contribution in [1.29, 1.82) is 5.26 Å². The molecule has 4 heteroatoms. The van der Waals surface area contributed by atoms with E-state index in [-0.39, 0.29) is 5.92 Å². The van der Waals surface area contributed by atoms with Gasteiger partial charge in [0.05, 0.1) is 18.3 Å². The van der Waals surface area contributed by atoms with Crippen LogP contribution in [0.15, 0.2) is 0 Å². The smallest absolute Gasteiger partial charge is 0.112 e. The van der Waals surface area contributed by atoms with Gasteiger partial charge in [-0.25, -0.2) is 0 Å². The summed E-state index contributed by atoms with van der Waals surface area (Å²) in [5, 5.41) is 20.4. The average molecular weight is 222 g/mol. The van der Waals surface area contributed by atoms with Gasteiger partial charge in [-0.3, -0.25) is 0 Å². The molecule has 3 aliphatic heterocycles. The van der Waals surface area contributed by atoms with E-state index in [1.54, 1.807) is 0 Å². The van der Waals surface area contributed by atoms with Crippen LogP contribution < -0.4 is 0 Å². The second-order valence-corrected chi connectivity index (χ2v) is 5.46. The van der Waals surface area contributed by atoms with Gasteiger partial charge in [0.15, 0.2) is 0 Å². The van der Waals surface area contributed by atoms with Crippen molar-refractivity contribution < 1.29 is 9.84 Å². The Bertz CT molecular complexity index is 332. The number of nitriles is 1. The zero-order chi connectivity index (χ0) is 11.2. The second-order valence-electron chi connectivity index (χ2n) is 5.46. The topological polar surface area (TPSA) is 56.5 Å². The number of nitrogens with zero attached hydrogens (tertiary/aromatic N) is 2. The molecule has 3 fully saturated rings. The van der Waals surface area contributed by atoms with Gasteiger partial charge in [0.2, 0.25) is 0 Å². The Labute approximate surface area is 95.8 Å².